The van der Waals surface area contributed by atoms with Crippen molar-refractivity contribution < 1.29 is 14.4 Å². The van der Waals surface area contributed by atoms with E-state index in [9.17, 15) is 14.4 Å². The van der Waals surface area contributed by atoms with E-state index in [1.54, 1.807) is 0 Å². The molecule has 2 fully saturated rings. The monoisotopic (exact) mass is 411 g/mol. The predicted octanol–water partition coefficient (Wildman–Crippen LogP) is 2.88. The van der Waals surface area contributed by atoms with E-state index in [1.807, 2.05) is 38.1 Å². The number of fused-ring (bicyclic) bond motifs is 1. The Kier molecular flexibility index (Phi) is 5.26. The molecule has 4 rings (SSSR count). The van der Waals surface area contributed by atoms with Crippen LogP contribution in [0.3, 0.4) is 0 Å². The zero-order valence-corrected chi connectivity index (χ0v) is 17.7. The molecule has 0 radical (unpaired) electrons. The van der Waals surface area contributed by atoms with Crippen molar-refractivity contribution in [3.05, 3.63) is 30.1 Å². The number of aromatic amines is 1. The van der Waals surface area contributed by atoms with E-state index in [0.717, 1.165) is 28.8 Å². The number of imide groups is 1. The van der Waals surface area contributed by atoms with Gasteiger partial charge < -0.3 is 15.6 Å². The first-order chi connectivity index (χ1) is 14.3. The maximum atomic E-state index is 13.0. The zero-order valence-electron chi connectivity index (χ0n) is 17.7. The van der Waals surface area contributed by atoms with Crippen molar-refractivity contribution in [1.82, 2.24) is 25.5 Å². The van der Waals surface area contributed by atoms with Gasteiger partial charge in [0, 0.05) is 0 Å². The summed E-state index contributed by atoms with van der Waals surface area (Å²) in [4.78, 5) is 47.2. The third kappa shape index (κ3) is 3.66. The van der Waals surface area contributed by atoms with E-state index in [2.05, 4.69) is 27.5 Å². The molecule has 8 nitrogen and oxygen atoms in total. The highest BCUT2D eigenvalue weighted by atomic mass is 16.2. The molecule has 1 saturated heterocycles. The summed E-state index contributed by atoms with van der Waals surface area (Å²) >= 11 is 0. The third-order valence-electron chi connectivity index (χ3n) is 6.36. The molecule has 1 spiro atoms. The topological polar surface area (TPSA) is 107 Å². The fraction of sp³-hybridized carbons (Fsp3) is 0.545. The summed E-state index contributed by atoms with van der Waals surface area (Å²) in [6.45, 7) is 5.85. The molecule has 2 heterocycles. The second kappa shape index (κ2) is 7.74. The molecule has 30 heavy (non-hydrogen) atoms. The molecule has 1 aromatic carbocycles. The lowest BCUT2D eigenvalue weighted by Gasteiger charge is -2.33. The lowest BCUT2D eigenvalue weighted by molar-refractivity contribution is -0.136. The van der Waals surface area contributed by atoms with Crippen LogP contribution in [0.4, 0.5) is 4.79 Å². The first-order valence-corrected chi connectivity index (χ1v) is 10.7. The van der Waals surface area contributed by atoms with Crippen LogP contribution in [-0.4, -0.2) is 44.8 Å². The number of nitrogens with one attached hydrogen (secondary N) is 3. The zero-order chi connectivity index (χ0) is 21.5. The number of rotatable bonds is 5. The average molecular weight is 412 g/mol. The van der Waals surface area contributed by atoms with Crippen LogP contribution in [0.1, 0.15) is 58.3 Å². The van der Waals surface area contributed by atoms with Crippen molar-refractivity contribution in [2.45, 2.75) is 58.0 Å². The third-order valence-corrected chi connectivity index (χ3v) is 6.36. The number of urea groups is 1. The smallest absolute Gasteiger partial charge is 0.325 e. The van der Waals surface area contributed by atoms with Gasteiger partial charge >= 0.3 is 6.03 Å². The van der Waals surface area contributed by atoms with Crippen molar-refractivity contribution in [3.8, 4) is 0 Å². The van der Waals surface area contributed by atoms with Gasteiger partial charge in [0.15, 0.2) is 0 Å². The van der Waals surface area contributed by atoms with Crippen molar-refractivity contribution in [1.29, 1.82) is 0 Å². The number of hydrogen-bond acceptors (Lipinski definition) is 4. The highest BCUT2D eigenvalue weighted by Gasteiger charge is 2.52. The number of hydrogen-bond donors (Lipinski definition) is 3. The minimum absolute atomic E-state index is 0.0730. The van der Waals surface area contributed by atoms with Gasteiger partial charge in [0.1, 0.15) is 17.9 Å². The highest BCUT2D eigenvalue weighted by molar-refractivity contribution is 6.09. The molecule has 3 N–H and O–H groups in total. The molecule has 1 aliphatic carbocycles. The Morgan fingerprint density at radius 1 is 1.27 bits per heavy atom. The van der Waals surface area contributed by atoms with E-state index < -0.39 is 11.6 Å². The SMILES string of the molecule is CC1CCC2(CC1)NC(=O)N(CC(=O)NC(c1nc3ccccc3[nH]1)C(C)C)C2=O. The summed E-state index contributed by atoms with van der Waals surface area (Å²) in [6, 6.07) is 6.85. The number of para-hydroxylation sites is 2. The number of nitrogens with zero attached hydrogens (tertiary/aromatic N) is 2. The molecule has 1 aromatic heterocycles. The van der Waals surface area contributed by atoms with Gasteiger partial charge in [0.05, 0.1) is 17.1 Å². The number of imidazole rings is 1. The number of H-pyrrole nitrogens is 1. The summed E-state index contributed by atoms with van der Waals surface area (Å²) < 4.78 is 0. The summed E-state index contributed by atoms with van der Waals surface area (Å²) in [5.41, 5.74) is 0.894. The van der Waals surface area contributed by atoms with Crippen molar-refractivity contribution in [2.24, 2.45) is 11.8 Å². The van der Waals surface area contributed by atoms with Crippen molar-refractivity contribution in [2.75, 3.05) is 6.54 Å². The molecule has 2 aromatic rings. The van der Waals surface area contributed by atoms with Crippen LogP contribution in [0.15, 0.2) is 24.3 Å². The Bertz CT molecular complexity index is 941. The van der Waals surface area contributed by atoms with Gasteiger partial charge in [-0.2, -0.15) is 0 Å². The molecular weight excluding hydrogens is 382 g/mol. The fourth-order valence-corrected chi connectivity index (χ4v) is 4.45. The van der Waals surface area contributed by atoms with Crippen molar-refractivity contribution in [3.63, 3.8) is 0 Å². The number of carbonyl (C=O) groups is 3. The van der Waals surface area contributed by atoms with E-state index in [4.69, 9.17) is 0 Å². The lowest BCUT2D eigenvalue weighted by Crippen LogP contribution is -2.50. The molecule has 1 saturated carbocycles. The van der Waals surface area contributed by atoms with Gasteiger partial charge in [-0.15, -0.1) is 0 Å². The molecule has 1 unspecified atom stereocenters. The summed E-state index contributed by atoms with van der Waals surface area (Å²) in [5, 5.41) is 5.81. The highest BCUT2D eigenvalue weighted by Crippen LogP contribution is 2.36. The van der Waals surface area contributed by atoms with Gasteiger partial charge in [0.2, 0.25) is 5.91 Å². The molecule has 160 valence electrons. The maximum absolute atomic E-state index is 13.0. The van der Waals surface area contributed by atoms with Gasteiger partial charge in [-0.1, -0.05) is 32.9 Å². The largest absolute Gasteiger partial charge is 0.344 e. The molecule has 1 aliphatic heterocycles. The van der Waals surface area contributed by atoms with Crippen molar-refractivity contribution >= 4 is 28.9 Å². The Labute approximate surface area is 175 Å². The normalized spacial score (nSPS) is 25.2. The minimum Gasteiger partial charge on any atom is -0.344 e. The molecule has 1 atom stereocenters. The summed E-state index contributed by atoms with van der Waals surface area (Å²) in [7, 11) is 0. The summed E-state index contributed by atoms with van der Waals surface area (Å²) in [5.74, 6) is 0.629. The van der Waals surface area contributed by atoms with Gasteiger partial charge in [-0.3, -0.25) is 14.5 Å². The van der Waals surface area contributed by atoms with Crippen LogP contribution in [0.2, 0.25) is 0 Å². The number of aromatic nitrogens is 2. The Morgan fingerprint density at radius 2 is 1.97 bits per heavy atom. The second-order valence-electron chi connectivity index (χ2n) is 9.01. The van der Waals surface area contributed by atoms with E-state index in [-0.39, 0.29) is 30.3 Å². The lowest BCUT2D eigenvalue weighted by atomic mass is 9.77. The Balaban J connectivity index is 1.46. The number of benzene rings is 1. The van der Waals surface area contributed by atoms with E-state index in [1.165, 1.54) is 0 Å². The fourth-order valence-electron chi connectivity index (χ4n) is 4.45. The number of amides is 4. The second-order valence-corrected chi connectivity index (χ2v) is 9.01. The molecule has 2 aliphatic rings. The van der Waals surface area contributed by atoms with Crippen LogP contribution >= 0.6 is 0 Å². The summed E-state index contributed by atoms with van der Waals surface area (Å²) in [6.07, 6.45) is 3.05. The quantitative estimate of drug-likeness (QED) is 0.658. The van der Waals surface area contributed by atoms with Gasteiger partial charge in [-0.05, 0) is 49.7 Å². The van der Waals surface area contributed by atoms with Crippen LogP contribution < -0.4 is 10.6 Å². The van der Waals surface area contributed by atoms with E-state index >= 15 is 0 Å². The van der Waals surface area contributed by atoms with Gasteiger partial charge in [-0.25, -0.2) is 9.78 Å². The number of carbonyl (C=O) groups excluding carboxylic acids is 3. The Hall–Kier alpha value is -2.90. The molecule has 8 heteroatoms. The minimum atomic E-state index is -0.833. The van der Waals surface area contributed by atoms with Gasteiger partial charge in [0.25, 0.3) is 5.91 Å². The van der Waals surface area contributed by atoms with Crippen LogP contribution in [0.25, 0.3) is 11.0 Å². The van der Waals surface area contributed by atoms with Crippen LogP contribution in [0.5, 0.6) is 0 Å². The first kappa shape index (κ1) is 20.4. The molecular formula is C22H29N5O3. The van der Waals surface area contributed by atoms with Crippen LogP contribution in [-0.2, 0) is 9.59 Å². The molecule has 0 bridgehead atoms. The maximum Gasteiger partial charge on any atom is 0.325 e. The Morgan fingerprint density at radius 3 is 2.63 bits per heavy atom. The molecule has 4 amide bonds. The average Bonchev–Trinajstić information content (AvgIpc) is 3.23. The predicted molar refractivity (Wildman–Crippen MR) is 112 cm³/mol. The van der Waals surface area contributed by atoms with Crippen LogP contribution in [0, 0.1) is 11.8 Å². The van der Waals surface area contributed by atoms with E-state index in [0.29, 0.717) is 24.6 Å². The first-order valence-electron chi connectivity index (χ1n) is 10.7. The standard InChI is InChI=1S/C22H29N5O3/c1-13(2)18(19-23-15-6-4-5-7-16(15)24-19)25-17(28)12-27-20(29)22(26-21(27)30)10-8-14(3)9-11-22/h4-7,13-14,18H,8-12H2,1-3H3,(H,23,24)(H,25,28)(H,26,30).